The molecule has 0 spiro atoms. The van der Waals surface area contributed by atoms with Gasteiger partial charge in [0.05, 0.1) is 6.33 Å². The van der Waals surface area contributed by atoms with E-state index in [4.69, 9.17) is 5.73 Å². The zero-order valence-electron chi connectivity index (χ0n) is 9.37. The number of imidazole rings is 1. The van der Waals surface area contributed by atoms with Crippen LogP contribution in [0.5, 0.6) is 0 Å². The lowest BCUT2D eigenvalue weighted by Crippen LogP contribution is -2.00. The molecule has 0 aliphatic heterocycles. The van der Waals surface area contributed by atoms with E-state index in [1.165, 1.54) is 6.07 Å². The molecule has 0 unspecified atom stereocenters. The quantitative estimate of drug-likeness (QED) is 0.843. The van der Waals surface area contributed by atoms with Crippen molar-refractivity contribution in [2.75, 3.05) is 5.73 Å². The molecule has 0 aliphatic rings. The van der Waals surface area contributed by atoms with Gasteiger partial charge < -0.3 is 10.3 Å². The number of aromatic nitrogens is 2. The van der Waals surface area contributed by atoms with Crippen LogP contribution >= 0.6 is 0 Å². The smallest absolute Gasteiger partial charge is 0.132 e. The van der Waals surface area contributed by atoms with Gasteiger partial charge in [-0.2, -0.15) is 0 Å². The van der Waals surface area contributed by atoms with Crippen molar-refractivity contribution >= 4 is 5.82 Å². The molecule has 3 nitrogen and oxygen atoms in total. The van der Waals surface area contributed by atoms with E-state index in [0.29, 0.717) is 17.1 Å². The number of halogens is 1. The Bertz CT molecular complexity index is 517. The number of nitrogen functional groups attached to an aromatic ring is 1. The summed E-state index contributed by atoms with van der Waals surface area (Å²) in [5, 5.41) is 0. The molecular formula is C12H14FN3. The van der Waals surface area contributed by atoms with E-state index in [1.54, 1.807) is 23.0 Å². The van der Waals surface area contributed by atoms with Crippen molar-refractivity contribution in [3.05, 3.63) is 35.9 Å². The van der Waals surface area contributed by atoms with Gasteiger partial charge in [0.25, 0.3) is 0 Å². The molecule has 16 heavy (non-hydrogen) atoms. The molecular weight excluding hydrogens is 205 g/mol. The van der Waals surface area contributed by atoms with Crippen molar-refractivity contribution in [1.29, 1.82) is 0 Å². The number of nitrogens with zero attached hydrogens (tertiary/aromatic N) is 2. The Balaban J connectivity index is 2.58. The minimum atomic E-state index is -0.293. The van der Waals surface area contributed by atoms with Crippen molar-refractivity contribution < 1.29 is 4.39 Å². The molecule has 84 valence electrons. The molecule has 0 amide bonds. The van der Waals surface area contributed by atoms with Crippen LogP contribution in [0.4, 0.5) is 10.2 Å². The van der Waals surface area contributed by atoms with Gasteiger partial charge in [-0.05, 0) is 26.0 Å². The van der Waals surface area contributed by atoms with Crippen molar-refractivity contribution in [2.24, 2.45) is 0 Å². The molecule has 2 aromatic rings. The highest BCUT2D eigenvalue weighted by Gasteiger charge is 2.13. The van der Waals surface area contributed by atoms with E-state index in [1.807, 2.05) is 13.8 Å². The average molecular weight is 219 g/mol. The molecule has 0 radical (unpaired) electrons. The molecule has 2 rings (SSSR count). The van der Waals surface area contributed by atoms with E-state index >= 15 is 0 Å². The van der Waals surface area contributed by atoms with E-state index in [0.717, 1.165) is 12.1 Å². The summed E-state index contributed by atoms with van der Waals surface area (Å²) in [6.07, 6.45) is 1.63. The lowest BCUT2D eigenvalue weighted by Gasteiger charge is -2.04. The Labute approximate surface area is 93.7 Å². The molecule has 4 heteroatoms. The number of anilines is 1. The highest BCUT2D eigenvalue weighted by molar-refractivity contribution is 5.71. The van der Waals surface area contributed by atoms with E-state index < -0.39 is 0 Å². The Kier molecular flexibility index (Phi) is 2.64. The largest absolute Gasteiger partial charge is 0.383 e. The first-order chi connectivity index (χ1) is 7.63. The standard InChI is InChI=1S/C12H14FN3/c1-3-16-7-15-11(12(16)14)9-6-8(2)4-5-10(9)13/h4-7H,3,14H2,1-2H3. The molecule has 1 heterocycles. The zero-order valence-corrected chi connectivity index (χ0v) is 9.37. The van der Waals surface area contributed by atoms with Gasteiger partial charge in [0.15, 0.2) is 0 Å². The summed E-state index contributed by atoms with van der Waals surface area (Å²) in [5.41, 5.74) is 7.87. The molecule has 0 bridgehead atoms. The molecule has 0 saturated heterocycles. The van der Waals surface area contributed by atoms with Crippen molar-refractivity contribution in [2.45, 2.75) is 20.4 Å². The first-order valence-electron chi connectivity index (χ1n) is 5.20. The monoisotopic (exact) mass is 219 g/mol. The van der Waals surface area contributed by atoms with Gasteiger partial charge in [0, 0.05) is 12.1 Å². The van der Waals surface area contributed by atoms with Gasteiger partial charge in [-0.15, -0.1) is 0 Å². The van der Waals surface area contributed by atoms with Crippen LogP contribution in [-0.2, 0) is 6.54 Å². The third-order valence-electron chi connectivity index (χ3n) is 2.60. The second-order valence-corrected chi connectivity index (χ2v) is 3.75. The molecule has 2 N–H and O–H groups in total. The maximum atomic E-state index is 13.6. The minimum absolute atomic E-state index is 0.293. The van der Waals surface area contributed by atoms with Crippen LogP contribution in [0.3, 0.4) is 0 Å². The fourth-order valence-corrected chi connectivity index (χ4v) is 1.67. The maximum Gasteiger partial charge on any atom is 0.132 e. The summed E-state index contributed by atoms with van der Waals surface area (Å²) in [4.78, 5) is 4.16. The number of benzene rings is 1. The number of nitrogens with two attached hydrogens (primary N) is 1. The van der Waals surface area contributed by atoms with Crippen molar-refractivity contribution in [3.63, 3.8) is 0 Å². The fourth-order valence-electron chi connectivity index (χ4n) is 1.67. The third-order valence-corrected chi connectivity index (χ3v) is 2.60. The van der Waals surface area contributed by atoms with Gasteiger partial charge in [-0.3, -0.25) is 0 Å². The van der Waals surface area contributed by atoms with Crippen LogP contribution in [0.25, 0.3) is 11.3 Å². The van der Waals surface area contributed by atoms with Crippen LogP contribution < -0.4 is 5.73 Å². The molecule has 0 saturated carbocycles. The van der Waals surface area contributed by atoms with Crippen LogP contribution in [0, 0.1) is 12.7 Å². The topological polar surface area (TPSA) is 43.8 Å². The fraction of sp³-hybridized carbons (Fsp3) is 0.250. The van der Waals surface area contributed by atoms with Crippen LogP contribution in [0.15, 0.2) is 24.5 Å². The number of hydrogen-bond acceptors (Lipinski definition) is 2. The number of hydrogen-bond donors (Lipinski definition) is 1. The summed E-state index contributed by atoms with van der Waals surface area (Å²) in [5.74, 6) is 0.214. The Morgan fingerprint density at radius 3 is 2.81 bits per heavy atom. The number of aryl methyl sites for hydroxylation is 2. The first-order valence-corrected chi connectivity index (χ1v) is 5.20. The Morgan fingerprint density at radius 2 is 2.19 bits per heavy atom. The highest BCUT2D eigenvalue weighted by Crippen LogP contribution is 2.27. The predicted octanol–water partition coefficient (Wildman–Crippen LogP) is 2.60. The van der Waals surface area contributed by atoms with Gasteiger partial charge in [0.1, 0.15) is 17.3 Å². The second-order valence-electron chi connectivity index (χ2n) is 3.75. The molecule has 1 aromatic heterocycles. The molecule has 0 aliphatic carbocycles. The molecule has 0 atom stereocenters. The van der Waals surface area contributed by atoms with E-state index in [2.05, 4.69) is 4.98 Å². The maximum absolute atomic E-state index is 13.6. The van der Waals surface area contributed by atoms with Crippen molar-refractivity contribution in [3.8, 4) is 11.3 Å². The summed E-state index contributed by atoms with van der Waals surface area (Å²) in [7, 11) is 0. The van der Waals surface area contributed by atoms with Gasteiger partial charge >= 0.3 is 0 Å². The molecule has 0 fully saturated rings. The first kappa shape index (κ1) is 10.7. The lowest BCUT2D eigenvalue weighted by molar-refractivity contribution is 0.630. The number of rotatable bonds is 2. The lowest BCUT2D eigenvalue weighted by atomic mass is 10.1. The minimum Gasteiger partial charge on any atom is -0.383 e. The second kappa shape index (κ2) is 3.96. The van der Waals surface area contributed by atoms with E-state index in [-0.39, 0.29) is 5.82 Å². The third kappa shape index (κ3) is 1.66. The Morgan fingerprint density at radius 1 is 1.44 bits per heavy atom. The van der Waals surface area contributed by atoms with Crippen LogP contribution in [-0.4, -0.2) is 9.55 Å². The summed E-state index contributed by atoms with van der Waals surface area (Å²) >= 11 is 0. The van der Waals surface area contributed by atoms with Crippen LogP contribution in [0.1, 0.15) is 12.5 Å². The average Bonchev–Trinajstić information content (AvgIpc) is 2.63. The van der Waals surface area contributed by atoms with Crippen LogP contribution in [0.2, 0.25) is 0 Å². The predicted molar refractivity (Wildman–Crippen MR) is 62.4 cm³/mol. The van der Waals surface area contributed by atoms with E-state index in [9.17, 15) is 4.39 Å². The zero-order chi connectivity index (χ0) is 11.7. The van der Waals surface area contributed by atoms with Gasteiger partial charge in [0.2, 0.25) is 0 Å². The Hall–Kier alpha value is -1.84. The summed E-state index contributed by atoms with van der Waals surface area (Å²) < 4.78 is 15.4. The summed E-state index contributed by atoms with van der Waals surface area (Å²) in [6, 6.07) is 4.93. The highest BCUT2D eigenvalue weighted by atomic mass is 19.1. The normalized spacial score (nSPS) is 10.7. The SMILES string of the molecule is CCn1cnc(-c2cc(C)ccc2F)c1N. The summed E-state index contributed by atoms with van der Waals surface area (Å²) in [6.45, 7) is 4.61. The van der Waals surface area contributed by atoms with Gasteiger partial charge in [-0.25, -0.2) is 9.37 Å². The van der Waals surface area contributed by atoms with Gasteiger partial charge in [-0.1, -0.05) is 11.6 Å². The van der Waals surface area contributed by atoms with Crippen molar-refractivity contribution in [1.82, 2.24) is 9.55 Å². The molecule has 1 aromatic carbocycles.